The standard InChI is InChI=1S/C22H31Cl2NO3S/c1-2-3-4-16-5-7-17(8-6-16)22(26)25(20-11-12-29(27,28)15-20)14-18-9-10-19(23)13-21(18)24/h9-10,13,16-17,20H,2-8,11-12,14-15H2,1H3. The van der Waals surface area contributed by atoms with Crippen LogP contribution in [0.2, 0.25) is 10.0 Å². The van der Waals surface area contributed by atoms with Crippen LogP contribution in [-0.2, 0) is 21.2 Å². The number of hydrogen-bond acceptors (Lipinski definition) is 3. The fourth-order valence-electron chi connectivity index (χ4n) is 4.67. The Bertz CT molecular complexity index is 819. The zero-order chi connectivity index (χ0) is 21.0. The van der Waals surface area contributed by atoms with Gasteiger partial charge in [0.2, 0.25) is 5.91 Å². The quantitative estimate of drug-likeness (QED) is 0.540. The second kappa shape index (κ2) is 10.0. The van der Waals surface area contributed by atoms with Crippen molar-refractivity contribution in [3.05, 3.63) is 33.8 Å². The van der Waals surface area contributed by atoms with E-state index in [1.54, 1.807) is 17.0 Å². The van der Waals surface area contributed by atoms with E-state index in [0.717, 1.165) is 37.2 Å². The van der Waals surface area contributed by atoms with Gasteiger partial charge < -0.3 is 4.90 Å². The summed E-state index contributed by atoms with van der Waals surface area (Å²) in [6, 6.07) is 4.99. The summed E-state index contributed by atoms with van der Waals surface area (Å²) in [4.78, 5) is 15.2. The molecule has 1 amide bonds. The highest BCUT2D eigenvalue weighted by Crippen LogP contribution is 2.35. The first-order valence-electron chi connectivity index (χ1n) is 10.7. The molecule has 4 nitrogen and oxygen atoms in total. The fourth-order valence-corrected chi connectivity index (χ4v) is 6.87. The lowest BCUT2D eigenvalue weighted by Crippen LogP contribution is -2.44. The Morgan fingerprint density at radius 1 is 1.14 bits per heavy atom. The second-order valence-corrected chi connectivity index (χ2v) is 11.7. The normalized spacial score (nSPS) is 26.4. The van der Waals surface area contributed by atoms with Crippen LogP contribution in [0, 0.1) is 11.8 Å². The van der Waals surface area contributed by atoms with E-state index in [2.05, 4.69) is 6.92 Å². The number of nitrogens with zero attached hydrogens (tertiary/aromatic N) is 1. The minimum Gasteiger partial charge on any atom is -0.334 e. The molecule has 0 N–H and O–H groups in total. The Hall–Kier alpha value is -0.780. The average molecular weight is 460 g/mol. The first-order chi connectivity index (χ1) is 13.8. The molecule has 7 heteroatoms. The molecule has 1 saturated carbocycles. The van der Waals surface area contributed by atoms with Crippen molar-refractivity contribution in [1.29, 1.82) is 0 Å². The summed E-state index contributed by atoms with van der Waals surface area (Å²) in [6.45, 7) is 2.55. The number of hydrogen-bond donors (Lipinski definition) is 0. The number of carbonyl (C=O) groups excluding carboxylic acids is 1. The summed E-state index contributed by atoms with van der Waals surface area (Å²) >= 11 is 12.4. The molecule has 3 rings (SSSR count). The van der Waals surface area contributed by atoms with Gasteiger partial charge in [-0.15, -0.1) is 0 Å². The Balaban J connectivity index is 1.73. The maximum Gasteiger partial charge on any atom is 0.226 e. The van der Waals surface area contributed by atoms with Gasteiger partial charge in [0.25, 0.3) is 0 Å². The van der Waals surface area contributed by atoms with E-state index in [4.69, 9.17) is 23.2 Å². The molecule has 1 aromatic carbocycles. The average Bonchev–Trinajstić information content (AvgIpc) is 3.05. The van der Waals surface area contributed by atoms with Gasteiger partial charge >= 0.3 is 0 Å². The van der Waals surface area contributed by atoms with Crippen molar-refractivity contribution in [3.63, 3.8) is 0 Å². The number of benzene rings is 1. The van der Waals surface area contributed by atoms with Gasteiger partial charge in [0, 0.05) is 28.5 Å². The number of carbonyl (C=O) groups is 1. The fraction of sp³-hybridized carbons (Fsp3) is 0.682. The smallest absolute Gasteiger partial charge is 0.226 e. The van der Waals surface area contributed by atoms with Crippen molar-refractivity contribution in [2.24, 2.45) is 11.8 Å². The summed E-state index contributed by atoms with van der Waals surface area (Å²) in [5.41, 5.74) is 0.811. The van der Waals surface area contributed by atoms with Gasteiger partial charge in [-0.2, -0.15) is 0 Å². The number of amides is 1. The summed E-state index contributed by atoms with van der Waals surface area (Å²) in [5, 5.41) is 1.06. The first kappa shape index (κ1) is 22.9. The van der Waals surface area contributed by atoms with Crippen molar-refractivity contribution < 1.29 is 13.2 Å². The molecule has 1 heterocycles. The maximum atomic E-state index is 13.5. The molecular formula is C22H31Cl2NO3S. The monoisotopic (exact) mass is 459 g/mol. The van der Waals surface area contributed by atoms with Crippen LogP contribution in [0.1, 0.15) is 63.9 Å². The summed E-state index contributed by atoms with van der Waals surface area (Å²) in [5.74, 6) is 1.01. The predicted octanol–water partition coefficient (Wildman–Crippen LogP) is 5.51. The largest absolute Gasteiger partial charge is 0.334 e. The van der Waals surface area contributed by atoms with E-state index in [9.17, 15) is 13.2 Å². The molecule has 1 aromatic rings. The molecule has 1 atom stereocenters. The minimum atomic E-state index is -3.08. The molecule has 2 fully saturated rings. The zero-order valence-electron chi connectivity index (χ0n) is 17.1. The van der Waals surface area contributed by atoms with Gasteiger partial charge in [-0.25, -0.2) is 8.42 Å². The van der Waals surface area contributed by atoms with E-state index in [1.165, 1.54) is 19.3 Å². The second-order valence-electron chi connectivity index (χ2n) is 8.62. The molecule has 0 radical (unpaired) electrons. The third-order valence-corrected chi connectivity index (χ3v) is 8.79. The summed E-state index contributed by atoms with van der Waals surface area (Å²) in [6.07, 6.45) is 8.21. The SMILES string of the molecule is CCCCC1CCC(C(=O)N(Cc2ccc(Cl)cc2Cl)C2CCS(=O)(=O)C2)CC1. The first-order valence-corrected chi connectivity index (χ1v) is 13.3. The highest BCUT2D eigenvalue weighted by Gasteiger charge is 2.38. The molecule has 2 aliphatic rings. The topological polar surface area (TPSA) is 54.5 Å². The Labute approximate surface area is 184 Å². The van der Waals surface area contributed by atoms with Crippen LogP contribution in [-0.4, -0.2) is 36.8 Å². The van der Waals surface area contributed by atoms with Gasteiger partial charge in [-0.05, 0) is 55.7 Å². The molecule has 1 saturated heterocycles. The maximum absolute atomic E-state index is 13.5. The van der Waals surface area contributed by atoms with Crippen molar-refractivity contribution in [1.82, 2.24) is 4.90 Å². The number of rotatable bonds is 7. The highest BCUT2D eigenvalue weighted by molar-refractivity contribution is 7.91. The summed E-state index contributed by atoms with van der Waals surface area (Å²) < 4.78 is 24.1. The van der Waals surface area contributed by atoms with Crippen LogP contribution in [0.15, 0.2) is 18.2 Å². The zero-order valence-corrected chi connectivity index (χ0v) is 19.4. The van der Waals surface area contributed by atoms with Crippen molar-refractivity contribution in [3.8, 4) is 0 Å². The van der Waals surface area contributed by atoms with E-state index >= 15 is 0 Å². The number of halogens is 2. The van der Waals surface area contributed by atoms with E-state index in [0.29, 0.717) is 23.0 Å². The van der Waals surface area contributed by atoms with Gasteiger partial charge in [-0.1, -0.05) is 55.5 Å². The van der Waals surface area contributed by atoms with Crippen LogP contribution in [0.3, 0.4) is 0 Å². The van der Waals surface area contributed by atoms with Crippen molar-refractivity contribution in [2.75, 3.05) is 11.5 Å². The highest BCUT2D eigenvalue weighted by atomic mass is 35.5. The van der Waals surface area contributed by atoms with E-state index < -0.39 is 9.84 Å². The number of unbranched alkanes of at least 4 members (excludes halogenated alkanes) is 1. The molecule has 0 aromatic heterocycles. The molecule has 162 valence electrons. The van der Waals surface area contributed by atoms with Crippen LogP contribution in [0.4, 0.5) is 0 Å². The van der Waals surface area contributed by atoms with Crippen LogP contribution < -0.4 is 0 Å². The molecule has 0 spiro atoms. The summed E-state index contributed by atoms with van der Waals surface area (Å²) in [7, 11) is -3.08. The van der Waals surface area contributed by atoms with Crippen LogP contribution in [0.25, 0.3) is 0 Å². The Kier molecular flexibility index (Phi) is 7.91. The van der Waals surface area contributed by atoms with E-state index in [1.807, 2.05) is 6.07 Å². The molecule has 29 heavy (non-hydrogen) atoms. The Morgan fingerprint density at radius 3 is 2.45 bits per heavy atom. The molecular weight excluding hydrogens is 429 g/mol. The van der Waals surface area contributed by atoms with Gasteiger partial charge in [-0.3, -0.25) is 4.79 Å². The molecule has 0 bridgehead atoms. The van der Waals surface area contributed by atoms with Gasteiger partial charge in [0.05, 0.1) is 11.5 Å². The van der Waals surface area contributed by atoms with E-state index in [-0.39, 0.29) is 29.4 Å². The molecule has 1 aliphatic carbocycles. The van der Waals surface area contributed by atoms with Crippen molar-refractivity contribution in [2.45, 2.75) is 70.9 Å². The van der Waals surface area contributed by atoms with Crippen LogP contribution >= 0.6 is 23.2 Å². The third kappa shape index (κ3) is 6.11. The van der Waals surface area contributed by atoms with Gasteiger partial charge in [0.15, 0.2) is 9.84 Å². The third-order valence-electron chi connectivity index (χ3n) is 6.45. The predicted molar refractivity (Wildman–Crippen MR) is 119 cm³/mol. The molecule has 1 unspecified atom stereocenters. The number of sulfone groups is 1. The minimum absolute atomic E-state index is 0.0118. The van der Waals surface area contributed by atoms with Gasteiger partial charge in [0.1, 0.15) is 0 Å². The lowest BCUT2D eigenvalue weighted by molar-refractivity contribution is -0.139. The molecule has 1 aliphatic heterocycles. The van der Waals surface area contributed by atoms with Crippen LogP contribution in [0.5, 0.6) is 0 Å². The lowest BCUT2D eigenvalue weighted by Gasteiger charge is -2.35. The van der Waals surface area contributed by atoms with Crippen molar-refractivity contribution >= 4 is 38.9 Å². The lowest BCUT2D eigenvalue weighted by atomic mass is 9.79. The Morgan fingerprint density at radius 2 is 1.86 bits per heavy atom.